The standard InChI is InChI=1S/C11H9NO3/c1-12-9(6-13)10(14)7-4-2-3-5-8(7)11(12)15/h2-6,14H,1H3. The lowest BCUT2D eigenvalue weighted by atomic mass is 10.1. The van der Waals surface area contributed by atoms with E-state index in [4.69, 9.17) is 0 Å². The van der Waals surface area contributed by atoms with Crippen LogP contribution in [0.2, 0.25) is 0 Å². The van der Waals surface area contributed by atoms with Crippen molar-refractivity contribution in [2.24, 2.45) is 7.05 Å². The molecule has 1 aromatic heterocycles. The van der Waals surface area contributed by atoms with Crippen LogP contribution >= 0.6 is 0 Å². The van der Waals surface area contributed by atoms with E-state index in [1.54, 1.807) is 24.3 Å². The number of nitrogens with zero attached hydrogens (tertiary/aromatic N) is 1. The highest BCUT2D eigenvalue weighted by Gasteiger charge is 2.12. The van der Waals surface area contributed by atoms with Gasteiger partial charge in [-0.05, 0) is 6.07 Å². The Kier molecular flexibility index (Phi) is 2.04. The molecule has 0 aliphatic carbocycles. The molecule has 1 heterocycles. The van der Waals surface area contributed by atoms with E-state index in [2.05, 4.69) is 0 Å². The average Bonchev–Trinajstić information content (AvgIpc) is 2.27. The van der Waals surface area contributed by atoms with Gasteiger partial charge in [0.15, 0.2) is 12.0 Å². The van der Waals surface area contributed by atoms with Crippen molar-refractivity contribution >= 4 is 17.1 Å². The van der Waals surface area contributed by atoms with Crippen LogP contribution in [0.15, 0.2) is 29.1 Å². The van der Waals surface area contributed by atoms with Crippen LogP contribution in [0.3, 0.4) is 0 Å². The summed E-state index contributed by atoms with van der Waals surface area (Å²) in [4.78, 5) is 22.5. The lowest BCUT2D eigenvalue weighted by Gasteiger charge is -2.07. The first-order valence-electron chi connectivity index (χ1n) is 4.42. The largest absolute Gasteiger partial charge is 0.505 e. The summed E-state index contributed by atoms with van der Waals surface area (Å²) < 4.78 is 1.14. The Bertz CT molecular complexity index is 599. The Morgan fingerprint density at radius 3 is 2.47 bits per heavy atom. The molecule has 0 spiro atoms. The summed E-state index contributed by atoms with van der Waals surface area (Å²) in [6.45, 7) is 0. The van der Waals surface area contributed by atoms with Crippen molar-refractivity contribution in [1.29, 1.82) is 0 Å². The molecule has 0 aliphatic rings. The second-order valence-corrected chi connectivity index (χ2v) is 3.26. The molecule has 0 bridgehead atoms. The van der Waals surface area contributed by atoms with E-state index in [0.29, 0.717) is 17.1 Å². The summed E-state index contributed by atoms with van der Waals surface area (Å²) in [7, 11) is 1.46. The van der Waals surface area contributed by atoms with Crippen LogP contribution in [0.5, 0.6) is 5.75 Å². The molecule has 0 unspecified atom stereocenters. The Balaban J connectivity index is 3.09. The van der Waals surface area contributed by atoms with Crippen molar-refractivity contribution in [3.63, 3.8) is 0 Å². The van der Waals surface area contributed by atoms with Crippen LogP contribution in [0, 0.1) is 0 Å². The quantitative estimate of drug-likeness (QED) is 0.705. The predicted molar refractivity (Wildman–Crippen MR) is 56.2 cm³/mol. The van der Waals surface area contributed by atoms with E-state index in [9.17, 15) is 14.7 Å². The molecular weight excluding hydrogens is 194 g/mol. The molecule has 0 saturated heterocycles. The van der Waals surface area contributed by atoms with Gasteiger partial charge in [0.05, 0.1) is 5.39 Å². The first kappa shape index (κ1) is 9.45. The summed E-state index contributed by atoms with van der Waals surface area (Å²) in [6.07, 6.45) is 0.475. The van der Waals surface area contributed by atoms with Gasteiger partial charge in [-0.15, -0.1) is 0 Å². The van der Waals surface area contributed by atoms with Gasteiger partial charge in [-0.1, -0.05) is 18.2 Å². The minimum absolute atomic E-state index is 0.00120. The van der Waals surface area contributed by atoms with Crippen molar-refractivity contribution < 1.29 is 9.90 Å². The number of aromatic hydroxyl groups is 1. The highest BCUT2D eigenvalue weighted by atomic mass is 16.3. The second-order valence-electron chi connectivity index (χ2n) is 3.26. The van der Waals surface area contributed by atoms with Gasteiger partial charge in [-0.2, -0.15) is 0 Å². The summed E-state index contributed by atoms with van der Waals surface area (Å²) >= 11 is 0. The van der Waals surface area contributed by atoms with E-state index < -0.39 is 0 Å². The van der Waals surface area contributed by atoms with E-state index in [-0.39, 0.29) is 17.0 Å². The minimum atomic E-state index is -0.287. The second kappa shape index (κ2) is 3.24. The Labute approximate surface area is 85.4 Å². The molecule has 76 valence electrons. The number of aromatic nitrogens is 1. The maximum absolute atomic E-state index is 11.8. The Hall–Kier alpha value is -2.10. The molecule has 15 heavy (non-hydrogen) atoms. The zero-order valence-corrected chi connectivity index (χ0v) is 8.10. The number of aldehydes is 1. The van der Waals surface area contributed by atoms with Crippen LogP contribution in [0.25, 0.3) is 10.8 Å². The molecule has 0 saturated carbocycles. The topological polar surface area (TPSA) is 59.3 Å². The van der Waals surface area contributed by atoms with E-state index in [1.807, 2.05) is 0 Å². The third kappa shape index (κ3) is 1.22. The van der Waals surface area contributed by atoms with Crippen LogP contribution in [0.4, 0.5) is 0 Å². The van der Waals surface area contributed by atoms with E-state index >= 15 is 0 Å². The van der Waals surface area contributed by atoms with Crippen molar-refractivity contribution in [2.75, 3.05) is 0 Å². The van der Waals surface area contributed by atoms with Gasteiger partial charge < -0.3 is 9.67 Å². The minimum Gasteiger partial charge on any atom is -0.505 e. The third-order valence-corrected chi connectivity index (χ3v) is 2.43. The number of hydrogen-bond donors (Lipinski definition) is 1. The van der Waals surface area contributed by atoms with Crippen molar-refractivity contribution in [3.8, 4) is 5.75 Å². The highest BCUT2D eigenvalue weighted by Crippen LogP contribution is 2.24. The average molecular weight is 203 g/mol. The normalized spacial score (nSPS) is 10.5. The molecule has 0 atom stereocenters. The van der Waals surface area contributed by atoms with E-state index in [0.717, 1.165) is 4.57 Å². The Morgan fingerprint density at radius 1 is 1.27 bits per heavy atom. The summed E-state index contributed by atoms with van der Waals surface area (Å²) in [5.74, 6) is -0.150. The van der Waals surface area contributed by atoms with Crippen LogP contribution < -0.4 is 5.56 Å². The van der Waals surface area contributed by atoms with Gasteiger partial charge in [-0.25, -0.2) is 0 Å². The molecule has 4 heteroatoms. The maximum Gasteiger partial charge on any atom is 0.258 e. The molecule has 0 radical (unpaired) electrons. The van der Waals surface area contributed by atoms with Gasteiger partial charge in [0, 0.05) is 12.4 Å². The number of rotatable bonds is 1. The number of hydrogen-bond acceptors (Lipinski definition) is 3. The Morgan fingerprint density at radius 2 is 1.87 bits per heavy atom. The molecule has 0 aliphatic heterocycles. The molecule has 0 fully saturated rings. The van der Waals surface area contributed by atoms with Crippen molar-refractivity contribution in [3.05, 3.63) is 40.3 Å². The maximum atomic E-state index is 11.8. The molecule has 1 aromatic carbocycles. The van der Waals surface area contributed by atoms with E-state index in [1.165, 1.54) is 7.05 Å². The molecule has 4 nitrogen and oxygen atoms in total. The number of carbonyl (C=O) groups excluding carboxylic acids is 1. The van der Waals surface area contributed by atoms with Gasteiger partial charge in [0.25, 0.3) is 5.56 Å². The number of fused-ring (bicyclic) bond motifs is 1. The van der Waals surface area contributed by atoms with Gasteiger partial charge in [0.2, 0.25) is 0 Å². The number of benzene rings is 1. The van der Waals surface area contributed by atoms with Crippen LogP contribution in [0.1, 0.15) is 10.5 Å². The van der Waals surface area contributed by atoms with Crippen LogP contribution in [-0.2, 0) is 7.05 Å². The summed E-state index contributed by atoms with van der Waals surface area (Å²) in [6, 6.07) is 6.64. The lowest BCUT2D eigenvalue weighted by Crippen LogP contribution is -2.20. The fraction of sp³-hybridized carbons (Fsp3) is 0.0909. The third-order valence-electron chi connectivity index (χ3n) is 2.43. The highest BCUT2D eigenvalue weighted by molar-refractivity contribution is 5.93. The van der Waals surface area contributed by atoms with Crippen molar-refractivity contribution in [2.45, 2.75) is 0 Å². The summed E-state index contributed by atoms with van der Waals surface area (Å²) in [5.41, 5.74) is -0.288. The monoisotopic (exact) mass is 203 g/mol. The summed E-state index contributed by atoms with van der Waals surface area (Å²) in [5, 5.41) is 10.6. The van der Waals surface area contributed by atoms with Crippen LogP contribution in [-0.4, -0.2) is 16.0 Å². The number of pyridine rings is 1. The zero-order chi connectivity index (χ0) is 11.0. The fourth-order valence-electron chi connectivity index (χ4n) is 1.60. The lowest BCUT2D eigenvalue weighted by molar-refractivity contribution is 0.111. The predicted octanol–water partition coefficient (Wildman–Crippen LogP) is 1.06. The fourth-order valence-corrected chi connectivity index (χ4v) is 1.60. The number of carbonyl (C=O) groups is 1. The molecule has 1 N–H and O–H groups in total. The van der Waals surface area contributed by atoms with Gasteiger partial charge >= 0.3 is 0 Å². The molecule has 2 rings (SSSR count). The smallest absolute Gasteiger partial charge is 0.258 e. The van der Waals surface area contributed by atoms with Crippen molar-refractivity contribution in [1.82, 2.24) is 4.57 Å². The zero-order valence-electron chi connectivity index (χ0n) is 8.10. The molecule has 2 aromatic rings. The molecule has 0 amide bonds. The van der Waals surface area contributed by atoms with Gasteiger partial charge in [-0.3, -0.25) is 9.59 Å². The first-order chi connectivity index (χ1) is 7.16. The first-order valence-corrected chi connectivity index (χ1v) is 4.42. The molecular formula is C11H9NO3. The SMILES string of the molecule is Cn1c(C=O)c(O)c2ccccc2c1=O. The van der Waals surface area contributed by atoms with Gasteiger partial charge in [0.1, 0.15) is 5.69 Å².